The number of halogens is 3. The summed E-state index contributed by atoms with van der Waals surface area (Å²) in [6, 6.07) is 8.97. The van der Waals surface area contributed by atoms with Crippen LogP contribution in [0.2, 0.25) is 0 Å². The van der Waals surface area contributed by atoms with Crippen molar-refractivity contribution in [1.82, 2.24) is 4.90 Å². The van der Waals surface area contributed by atoms with Gasteiger partial charge in [-0.05, 0) is 50.1 Å². The van der Waals surface area contributed by atoms with Crippen LogP contribution in [0, 0.1) is 0 Å². The van der Waals surface area contributed by atoms with Crippen molar-refractivity contribution in [3.63, 3.8) is 0 Å². The first-order valence-electron chi connectivity index (χ1n) is 11.1. The molecule has 1 aliphatic heterocycles. The summed E-state index contributed by atoms with van der Waals surface area (Å²) in [4.78, 5) is 15.1. The Hall–Kier alpha value is -3.04. The Kier molecular flexibility index (Phi) is 6.60. The van der Waals surface area contributed by atoms with Crippen LogP contribution in [0.3, 0.4) is 0 Å². The Labute approximate surface area is 194 Å². The molecule has 3 aromatic rings. The van der Waals surface area contributed by atoms with Crippen molar-refractivity contribution >= 4 is 11.0 Å². The maximum atomic E-state index is 14.0. The number of phenols is 1. The Morgan fingerprint density at radius 1 is 1.09 bits per heavy atom. The van der Waals surface area contributed by atoms with Crippen LogP contribution in [-0.4, -0.2) is 35.3 Å². The highest BCUT2D eigenvalue weighted by molar-refractivity contribution is 5.83. The van der Waals surface area contributed by atoms with Gasteiger partial charge in [0.2, 0.25) is 11.2 Å². The van der Waals surface area contributed by atoms with Gasteiger partial charge in [-0.2, -0.15) is 13.2 Å². The maximum Gasteiger partial charge on any atom is 0.453 e. The average Bonchev–Trinajstić information content (AvgIpc) is 2.76. The highest BCUT2D eigenvalue weighted by Crippen LogP contribution is 2.40. The van der Waals surface area contributed by atoms with Crippen LogP contribution in [-0.2, 0) is 23.9 Å². The van der Waals surface area contributed by atoms with Crippen LogP contribution in [0.15, 0.2) is 45.6 Å². The normalized spacial score (nSPS) is 19.5. The molecule has 2 atom stereocenters. The zero-order valence-corrected chi connectivity index (χ0v) is 19.1. The van der Waals surface area contributed by atoms with E-state index in [1.807, 2.05) is 25.7 Å². The average molecular weight is 477 g/mol. The summed E-state index contributed by atoms with van der Waals surface area (Å²) in [5, 5.41) is 10.4. The van der Waals surface area contributed by atoms with Crippen molar-refractivity contribution in [2.45, 2.75) is 52.1 Å². The van der Waals surface area contributed by atoms with Crippen LogP contribution < -0.4 is 10.2 Å². The van der Waals surface area contributed by atoms with E-state index in [2.05, 4.69) is 0 Å². The Bertz CT molecular complexity index is 1230. The number of aryl methyl sites for hydroxylation is 1. The van der Waals surface area contributed by atoms with Gasteiger partial charge in [-0.3, -0.25) is 9.69 Å². The molecule has 4 rings (SSSR count). The molecule has 0 bridgehead atoms. The van der Waals surface area contributed by atoms with Gasteiger partial charge in [0.15, 0.2) is 0 Å². The number of fused-ring (bicyclic) bond motifs is 1. The molecule has 0 spiro atoms. The third-order valence-electron chi connectivity index (χ3n) is 5.78. The number of nitrogens with zero attached hydrogens (tertiary/aromatic N) is 1. The van der Waals surface area contributed by atoms with Gasteiger partial charge < -0.3 is 19.0 Å². The Balaban J connectivity index is 1.82. The fourth-order valence-electron chi connectivity index (χ4n) is 4.27. The van der Waals surface area contributed by atoms with Gasteiger partial charge in [-0.25, -0.2) is 0 Å². The summed E-state index contributed by atoms with van der Waals surface area (Å²) in [5.41, 5.74) is -0.183. The van der Waals surface area contributed by atoms with Gasteiger partial charge in [0, 0.05) is 19.6 Å². The van der Waals surface area contributed by atoms with E-state index in [1.165, 1.54) is 24.3 Å². The largest absolute Gasteiger partial charge is 0.507 e. The molecule has 9 heteroatoms. The number of hydrogen-bond donors (Lipinski definition) is 1. The van der Waals surface area contributed by atoms with Gasteiger partial charge in [-0.15, -0.1) is 0 Å². The van der Waals surface area contributed by atoms with Gasteiger partial charge in [0.1, 0.15) is 17.1 Å². The van der Waals surface area contributed by atoms with Crippen molar-refractivity contribution in [2.75, 3.05) is 13.1 Å². The molecule has 2 unspecified atom stereocenters. The molecule has 1 saturated heterocycles. The number of ether oxygens (including phenoxy) is 2. The number of hydrogen-bond acceptors (Lipinski definition) is 6. The van der Waals surface area contributed by atoms with Crippen LogP contribution in [0.5, 0.6) is 17.2 Å². The highest BCUT2D eigenvalue weighted by atomic mass is 19.4. The lowest BCUT2D eigenvalue weighted by Crippen LogP contribution is -2.44. The number of morpholine rings is 1. The Morgan fingerprint density at radius 2 is 1.74 bits per heavy atom. The summed E-state index contributed by atoms with van der Waals surface area (Å²) in [7, 11) is 0. The zero-order chi connectivity index (χ0) is 24.6. The van der Waals surface area contributed by atoms with Crippen molar-refractivity contribution in [2.24, 2.45) is 0 Å². The molecule has 2 aromatic carbocycles. The van der Waals surface area contributed by atoms with E-state index in [0.717, 1.165) is 12.0 Å². The number of benzene rings is 2. The van der Waals surface area contributed by atoms with Gasteiger partial charge in [0.25, 0.3) is 5.76 Å². The molecule has 6 nitrogen and oxygen atoms in total. The first-order chi connectivity index (χ1) is 16.1. The predicted octanol–water partition coefficient (Wildman–Crippen LogP) is 5.48. The summed E-state index contributed by atoms with van der Waals surface area (Å²) >= 11 is 0. The molecule has 1 aromatic heterocycles. The van der Waals surface area contributed by atoms with E-state index < -0.39 is 23.1 Å². The van der Waals surface area contributed by atoms with Gasteiger partial charge in [-0.1, -0.05) is 19.1 Å². The minimum Gasteiger partial charge on any atom is -0.507 e. The number of rotatable bonds is 5. The summed E-state index contributed by atoms with van der Waals surface area (Å²) < 4.78 is 58.3. The van der Waals surface area contributed by atoms with E-state index in [-0.39, 0.29) is 46.8 Å². The lowest BCUT2D eigenvalue weighted by molar-refractivity contribution is -0.154. The Morgan fingerprint density at radius 3 is 2.32 bits per heavy atom. The zero-order valence-electron chi connectivity index (χ0n) is 19.1. The molecule has 34 heavy (non-hydrogen) atoms. The van der Waals surface area contributed by atoms with Crippen molar-refractivity contribution in [3.05, 3.63) is 63.5 Å². The molecule has 182 valence electrons. The van der Waals surface area contributed by atoms with E-state index in [0.29, 0.717) is 13.1 Å². The number of phenolic OH excluding ortho intramolecular Hbond substituents is 1. The van der Waals surface area contributed by atoms with Crippen molar-refractivity contribution in [3.8, 4) is 17.2 Å². The monoisotopic (exact) mass is 477 g/mol. The fraction of sp³-hybridized carbons (Fsp3) is 0.400. The predicted molar refractivity (Wildman–Crippen MR) is 120 cm³/mol. The molecule has 0 amide bonds. The van der Waals surface area contributed by atoms with Crippen LogP contribution >= 0.6 is 0 Å². The molecule has 0 aliphatic carbocycles. The second-order valence-corrected chi connectivity index (χ2v) is 8.58. The number of aromatic hydroxyl groups is 1. The molecular formula is C25H26F3NO5. The molecular weight excluding hydrogens is 451 g/mol. The van der Waals surface area contributed by atoms with Crippen LogP contribution in [0.1, 0.15) is 37.7 Å². The smallest absolute Gasteiger partial charge is 0.453 e. The summed E-state index contributed by atoms with van der Waals surface area (Å²) in [5.74, 6) is -2.64. The summed E-state index contributed by atoms with van der Waals surface area (Å²) in [6.07, 6.45) is -4.41. The van der Waals surface area contributed by atoms with E-state index in [4.69, 9.17) is 13.9 Å². The molecule has 1 fully saturated rings. The first-order valence-corrected chi connectivity index (χ1v) is 11.1. The molecule has 1 N–H and O–H groups in total. The third-order valence-corrected chi connectivity index (χ3v) is 5.78. The third kappa shape index (κ3) is 4.90. The SMILES string of the molecule is CCc1ccc(Oc2c(C(F)(F)F)oc3c(CN4CC(C)OC(C)C4)c(O)ccc3c2=O)cc1. The standard InChI is InChI=1S/C25H26F3NO5/c1-4-16-5-7-17(8-6-16)33-23-21(31)18-9-10-20(30)19(22(18)34-24(23)25(26,27)28)13-29-11-14(2)32-15(3)12-29/h5-10,14-15,30H,4,11-13H2,1-3H3. The lowest BCUT2D eigenvalue weighted by Gasteiger charge is -2.35. The van der Waals surface area contributed by atoms with E-state index in [1.54, 1.807) is 12.1 Å². The maximum absolute atomic E-state index is 14.0. The summed E-state index contributed by atoms with van der Waals surface area (Å²) in [6.45, 7) is 6.87. The first kappa shape index (κ1) is 24.1. The van der Waals surface area contributed by atoms with Crippen LogP contribution in [0.25, 0.3) is 11.0 Å². The van der Waals surface area contributed by atoms with Crippen molar-refractivity contribution in [1.29, 1.82) is 0 Å². The topological polar surface area (TPSA) is 72.1 Å². The second kappa shape index (κ2) is 9.31. The lowest BCUT2D eigenvalue weighted by atomic mass is 10.1. The highest BCUT2D eigenvalue weighted by Gasteiger charge is 2.41. The number of alkyl halides is 3. The quantitative estimate of drug-likeness (QED) is 0.525. The fourth-order valence-corrected chi connectivity index (χ4v) is 4.27. The van der Waals surface area contributed by atoms with E-state index in [9.17, 15) is 23.1 Å². The van der Waals surface area contributed by atoms with Gasteiger partial charge in [0.05, 0.1) is 23.2 Å². The molecule has 0 radical (unpaired) electrons. The molecule has 0 saturated carbocycles. The van der Waals surface area contributed by atoms with E-state index >= 15 is 0 Å². The minimum absolute atomic E-state index is 0.0855. The molecule has 2 heterocycles. The molecule has 1 aliphatic rings. The minimum atomic E-state index is -4.99. The van der Waals surface area contributed by atoms with Crippen LogP contribution in [0.4, 0.5) is 13.2 Å². The second-order valence-electron chi connectivity index (χ2n) is 8.58. The van der Waals surface area contributed by atoms with Crippen molar-refractivity contribution < 1.29 is 32.2 Å². The van der Waals surface area contributed by atoms with Gasteiger partial charge >= 0.3 is 6.18 Å².